The van der Waals surface area contributed by atoms with Crippen LogP contribution < -0.4 is 16.1 Å². The fourth-order valence-corrected chi connectivity index (χ4v) is 10.3. The Labute approximate surface area is 404 Å². The highest BCUT2D eigenvalue weighted by Crippen LogP contribution is 2.42. The van der Waals surface area contributed by atoms with E-state index < -0.39 is 47.2 Å². The van der Waals surface area contributed by atoms with E-state index in [1.54, 1.807) is 32.5 Å². The first-order valence-electron chi connectivity index (χ1n) is 24.2. The number of nitrogens with zero attached hydrogens (tertiary/aromatic N) is 5. The van der Waals surface area contributed by atoms with Crippen molar-refractivity contribution < 1.29 is 43.3 Å². The van der Waals surface area contributed by atoms with Gasteiger partial charge in [0.1, 0.15) is 29.9 Å². The summed E-state index contributed by atoms with van der Waals surface area (Å²) < 4.78 is 19.5. The molecule has 4 N–H and O–H groups in total. The number of aryl methyl sites for hydroxylation is 1. The Morgan fingerprint density at radius 2 is 1.83 bits per heavy atom. The Kier molecular flexibility index (Phi) is 14.5. The van der Waals surface area contributed by atoms with Crippen LogP contribution in [0.15, 0.2) is 54.7 Å². The van der Waals surface area contributed by atoms with E-state index in [1.807, 2.05) is 39.0 Å². The number of hydrogen-bond acceptors (Lipinski definition) is 12. The molecule has 0 saturated carbocycles. The van der Waals surface area contributed by atoms with Gasteiger partial charge in [0.25, 0.3) is 5.91 Å². The Hall–Kier alpha value is -5.88. The maximum Gasteiger partial charge on any atom is 0.324 e. The van der Waals surface area contributed by atoms with Gasteiger partial charge in [-0.15, -0.1) is 0 Å². The number of nitrogens with one attached hydrogen (secondary N) is 3. The van der Waals surface area contributed by atoms with Crippen molar-refractivity contribution in [2.75, 3.05) is 54.1 Å². The number of carbonyl (C=O) groups excluding carboxylic acids is 5. The van der Waals surface area contributed by atoms with Crippen LogP contribution in [-0.4, -0.2) is 143 Å². The molecule has 0 aliphatic carbocycles. The summed E-state index contributed by atoms with van der Waals surface area (Å²) in [7, 11) is 4.77. The number of ether oxygens (including phenoxy) is 3. The summed E-state index contributed by atoms with van der Waals surface area (Å²) in [6.07, 6.45) is 2.92. The van der Waals surface area contributed by atoms with Gasteiger partial charge in [-0.3, -0.25) is 39.3 Å². The zero-order chi connectivity index (χ0) is 49.5. The summed E-state index contributed by atoms with van der Waals surface area (Å²) in [6, 6.07) is 12.0. The number of phenols is 1. The van der Waals surface area contributed by atoms with Crippen LogP contribution in [0.4, 0.5) is 0 Å². The van der Waals surface area contributed by atoms with Gasteiger partial charge in [-0.1, -0.05) is 39.8 Å². The van der Waals surface area contributed by atoms with Crippen molar-refractivity contribution in [3.63, 3.8) is 0 Å². The van der Waals surface area contributed by atoms with E-state index in [2.05, 4.69) is 59.6 Å². The molecule has 3 fully saturated rings. The minimum Gasteiger partial charge on any atom is -0.508 e. The van der Waals surface area contributed by atoms with Crippen molar-refractivity contribution >= 4 is 40.5 Å². The number of aromatic hydroxyl groups is 1. The fraction of sp³-hybridized carbons (Fsp3) is 0.538. The lowest BCUT2D eigenvalue weighted by Crippen LogP contribution is -2.62. The van der Waals surface area contributed by atoms with Crippen molar-refractivity contribution in [1.82, 2.24) is 40.4 Å². The third-order valence-corrected chi connectivity index (χ3v) is 14.2. The monoisotopic (exact) mass is 949 g/mol. The maximum absolute atomic E-state index is 14.8. The number of likely N-dealkylation sites (N-methyl/N-ethyl adjacent to an activating group) is 2. The summed E-state index contributed by atoms with van der Waals surface area (Å²) in [5, 5.41) is 19.9. The topological polar surface area (TPSA) is 207 Å². The van der Waals surface area contributed by atoms with Crippen LogP contribution in [0.2, 0.25) is 0 Å². The molecule has 6 bridgehead atoms. The van der Waals surface area contributed by atoms with Crippen molar-refractivity contribution in [1.29, 1.82) is 0 Å². The lowest BCUT2D eigenvalue weighted by Gasteiger charge is -2.37. The van der Waals surface area contributed by atoms with Crippen LogP contribution in [-0.2, 0) is 57.6 Å². The van der Waals surface area contributed by atoms with Gasteiger partial charge < -0.3 is 39.0 Å². The summed E-state index contributed by atoms with van der Waals surface area (Å²) >= 11 is 0. The molecule has 6 atom stereocenters. The first-order chi connectivity index (χ1) is 32.9. The highest BCUT2D eigenvalue weighted by Gasteiger charge is 2.50. The van der Waals surface area contributed by atoms with Gasteiger partial charge in [-0.25, -0.2) is 5.43 Å². The Bertz CT molecular complexity index is 2610. The van der Waals surface area contributed by atoms with Crippen LogP contribution in [0.3, 0.4) is 0 Å². The van der Waals surface area contributed by atoms with E-state index >= 15 is 0 Å². The summed E-state index contributed by atoms with van der Waals surface area (Å²) in [5.74, 6) is -2.32. The fourth-order valence-electron chi connectivity index (χ4n) is 10.3. The molecule has 0 radical (unpaired) electrons. The number of rotatable bonds is 12. The summed E-state index contributed by atoms with van der Waals surface area (Å²) in [4.78, 5) is 77.8. The van der Waals surface area contributed by atoms with E-state index in [-0.39, 0.29) is 67.8 Å². The number of carbonyl (C=O) groups is 5. The van der Waals surface area contributed by atoms with E-state index in [0.29, 0.717) is 50.1 Å². The molecule has 8 rings (SSSR count). The second-order valence-electron chi connectivity index (χ2n) is 20.4. The maximum atomic E-state index is 14.8. The number of pyridine rings is 1. The van der Waals surface area contributed by atoms with Crippen molar-refractivity contribution in [3.05, 3.63) is 71.5 Å². The Morgan fingerprint density at radius 1 is 1.06 bits per heavy atom. The van der Waals surface area contributed by atoms with Gasteiger partial charge >= 0.3 is 5.97 Å². The van der Waals surface area contributed by atoms with Crippen molar-refractivity contribution in [2.45, 2.75) is 110 Å². The molecular weight excluding hydrogens is 881 g/mol. The molecular formula is C52H68N8O9. The van der Waals surface area contributed by atoms with E-state index in [9.17, 15) is 29.1 Å². The average molecular weight is 949 g/mol. The standard InChI is InChI=1S/C52H68N8O9/c1-10-59-41-16-15-32-23-37(41)38(47(59)36-13-11-17-53-43(36)30(4)67-9)24-52(5,6)28-69-51(66)39-14-12-18-60(56-39)49(64)40(21-31-19-33(32)22-35(61)20-31)54-48(63)46(29(2)3)58(8)42(62)25-57(7)50(65)45-44(55-45)34-26-68-27-34/h11,13,15-17,19-20,22-23,29-30,34,39-40,44-46,55-56,61H,10,12,14,18,21,24-28H2,1-9H3,(H,54,63)/t30-,39-,40-,44+,45-,46?/m0/s1. The molecule has 370 valence electrons. The normalized spacial score (nSPS) is 22.6. The van der Waals surface area contributed by atoms with Crippen molar-refractivity contribution in [2.24, 2.45) is 17.3 Å². The zero-order valence-electron chi connectivity index (χ0n) is 41.3. The smallest absolute Gasteiger partial charge is 0.324 e. The molecule has 4 aliphatic rings. The molecule has 3 saturated heterocycles. The van der Waals surface area contributed by atoms with Crippen LogP contribution in [0.1, 0.15) is 77.3 Å². The number of amides is 4. The second-order valence-corrected chi connectivity index (χ2v) is 20.4. The first kappa shape index (κ1) is 49.5. The van der Waals surface area contributed by atoms with Gasteiger partial charge in [-0.05, 0) is 97.7 Å². The summed E-state index contributed by atoms with van der Waals surface area (Å²) in [6.45, 7) is 13.8. The molecule has 4 aromatic rings. The summed E-state index contributed by atoms with van der Waals surface area (Å²) in [5.41, 5.74) is 9.47. The van der Waals surface area contributed by atoms with Crippen LogP contribution >= 0.6 is 0 Å². The lowest BCUT2D eigenvalue weighted by atomic mass is 9.84. The number of cyclic esters (lactones) is 1. The van der Waals surface area contributed by atoms with Crippen molar-refractivity contribution in [3.8, 4) is 28.1 Å². The number of esters is 1. The number of methoxy groups -OCH3 is 1. The molecule has 1 unspecified atom stereocenters. The molecule has 0 spiro atoms. The third kappa shape index (κ3) is 10.4. The molecule has 4 aliphatic heterocycles. The van der Waals surface area contributed by atoms with Gasteiger partial charge in [0, 0.05) is 80.8 Å². The predicted molar refractivity (Wildman–Crippen MR) is 259 cm³/mol. The van der Waals surface area contributed by atoms with E-state index in [0.717, 1.165) is 39.0 Å². The van der Waals surface area contributed by atoms with E-state index in [1.165, 1.54) is 21.9 Å². The van der Waals surface area contributed by atoms with E-state index in [4.69, 9.17) is 19.2 Å². The van der Waals surface area contributed by atoms with Crippen LogP contribution in [0.25, 0.3) is 33.3 Å². The minimum absolute atomic E-state index is 0.0204. The number of phenolic OH excluding ortho intramolecular Hbond substituents is 1. The van der Waals surface area contributed by atoms with Gasteiger partial charge in [0.2, 0.25) is 17.7 Å². The third-order valence-electron chi connectivity index (χ3n) is 14.2. The molecule has 4 amide bonds. The molecule has 17 nitrogen and oxygen atoms in total. The highest BCUT2D eigenvalue weighted by atomic mass is 16.5. The Balaban J connectivity index is 1.15. The number of hydrazine groups is 1. The SMILES string of the molecule is CCn1c(-c2cccnc2[C@H](C)OC)c2c3cc(ccc31)-c1cc(O)cc(c1)C[C@H](NC(=O)C(C(C)C)N(C)C(=O)CN(C)C(=O)[C@H]1N[C@@H]1C1COC1)C(=O)N1CCC[C@H](N1)C(=O)OCC(C)(C)C2. The molecule has 2 aromatic heterocycles. The lowest BCUT2D eigenvalue weighted by molar-refractivity contribution is -0.155. The minimum atomic E-state index is -1.19. The zero-order valence-corrected chi connectivity index (χ0v) is 41.3. The van der Waals surface area contributed by atoms with Crippen LogP contribution in [0, 0.1) is 17.3 Å². The quantitative estimate of drug-likeness (QED) is 0.115. The highest BCUT2D eigenvalue weighted by molar-refractivity contribution is 5.96. The second kappa shape index (κ2) is 20.2. The number of aromatic nitrogens is 2. The van der Waals surface area contributed by atoms with Gasteiger partial charge in [0.15, 0.2) is 0 Å². The molecule has 17 heteroatoms. The Morgan fingerprint density at radius 3 is 2.52 bits per heavy atom. The molecule has 69 heavy (non-hydrogen) atoms. The largest absolute Gasteiger partial charge is 0.508 e. The first-order valence-corrected chi connectivity index (χ1v) is 24.2. The van der Waals surface area contributed by atoms with Gasteiger partial charge in [0.05, 0.1) is 43.9 Å². The molecule has 6 heterocycles. The predicted octanol–water partition coefficient (Wildman–Crippen LogP) is 4.38. The average Bonchev–Trinajstić information content (AvgIpc) is 4.02. The van der Waals surface area contributed by atoms with Crippen LogP contribution in [0.5, 0.6) is 5.75 Å². The van der Waals surface area contributed by atoms with Gasteiger partial charge in [-0.2, -0.15) is 0 Å². The number of hydrogen-bond donors (Lipinski definition) is 4. The number of fused-ring (bicyclic) bond motifs is 6. The number of benzene rings is 2. The molecule has 2 aromatic carbocycles.